The zero-order chi connectivity index (χ0) is 14.5. The van der Waals surface area contributed by atoms with Gasteiger partial charge in [-0.05, 0) is 43.3 Å². The molecular weight excluding hydrogens is 256 g/mol. The van der Waals surface area contributed by atoms with Crippen molar-refractivity contribution < 1.29 is 14.3 Å². The lowest BCUT2D eigenvalue weighted by Gasteiger charge is -2.06. The molecule has 20 heavy (non-hydrogen) atoms. The SMILES string of the molecule is CC(=O)Oc1ccc(C(=O)Nc2cccc(C)n2)cc1. The Morgan fingerprint density at radius 2 is 1.80 bits per heavy atom. The molecule has 0 aliphatic carbocycles. The summed E-state index contributed by atoms with van der Waals surface area (Å²) in [6.07, 6.45) is 0. The van der Waals surface area contributed by atoms with Crippen molar-refractivity contribution in [3.05, 3.63) is 53.7 Å². The van der Waals surface area contributed by atoms with Gasteiger partial charge in [0, 0.05) is 18.2 Å². The van der Waals surface area contributed by atoms with Crippen molar-refractivity contribution in [3.63, 3.8) is 0 Å². The number of hydrogen-bond acceptors (Lipinski definition) is 4. The number of nitrogens with one attached hydrogen (secondary N) is 1. The maximum absolute atomic E-state index is 12.0. The molecule has 102 valence electrons. The summed E-state index contributed by atoms with van der Waals surface area (Å²) in [5, 5.41) is 2.70. The lowest BCUT2D eigenvalue weighted by atomic mass is 10.2. The summed E-state index contributed by atoms with van der Waals surface area (Å²) >= 11 is 0. The number of anilines is 1. The van der Waals surface area contributed by atoms with E-state index in [9.17, 15) is 9.59 Å². The minimum Gasteiger partial charge on any atom is -0.427 e. The first-order valence-electron chi connectivity index (χ1n) is 6.08. The quantitative estimate of drug-likeness (QED) is 0.687. The summed E-state index contributed by atoms with van der Waals surface area (Å²) in [6, 6.07) is 11.7. The van der Waals surface area contributed by atoms with Crippen molar-refractivity contribution >= 4 is 17.7 Å². The zero-order valence-electron chi connectivity index (χ0n) is 11.2. The number of pyridine rings is 1. The molecule has 0 fully saturated rings. The van der Waals surface area contributed by atoms with E-state index >= 15 is 0 Å². The molecule has 0 aliphatic rings. The predicted octanol–water partition coefficient (Wildman–Crippen LogP) is 2.57. The second-order valence-corrected chi connectivity index (χ2v) is 4.24. The largest absolute Gasteiger partial charge is 0.427 e. The van der Waals surface area contributed by atoms with Gasteiger partial charge in [0.1, 0.15) is 11.6 Å². The Morgan fingerprint density at radius 1 is 1.10 bits per heavy atom. The van der Waals surface area contributed by atoms with Crippen LogP contribution in [0.2, 0.25) is 0 Å². The van der Waals surface area contributed by atoms with Crippen LogP contribution in [0.1, 0.15) is 23.0 Å². The summed E-state index contributed by atoms with van der Waals surface area (Å²) in [7, 11) is 0. The van der Waals surface area contributed by atoms with Crippen LogP contribution < -0.4 is 10.1 Å². The van der Waals surface area contributed by atoms with E-state index in [1.54, 1.807) is 30.3 Å². The maximum Gasteiger partial charge on any atom is 0.308 e. The number of hydrogen-bond donors (Lipinski definition) is 1. The molecular formula is C15H14N2O3. The van der Waals surface area contributed by atoms with Crippen LogP contribution in [0.4, 0.5) is 5.82 Å². The smallest absolute Gasteiger partial charge is 0.308 e. The van der Waals surface area contributed by atoms with E-state index in [-0.39, 0.29) is 5.91 Å². The van der Waals surface area contributed by atoms with E-state index in [2.05, 4.69) is 10.3 Å². The van der Waals surface area contributed by atoms with Gasteiger partial charge < -0.3 is 10.1 Å². The molecule has 1 aromatic carbocycles. The van der Waals surface area contributed by atoms with Crippen molar-refractivity contribution in [1.29, 1.82) is 0 Å². The average Bonchev–Trinajstić information content (AvgIpc) is 2.38. The minimum atomic E-state index is -0.397. The number of carbonyl (C=O) groups is 2. The molecule has 0 unspecified atom stereocenters. The fourth-order valence-corrected chi connectivity index (χ4v) is 1.64. The van der Waals surface area contributed by atoms with Crippen molar-refractivity contribution in [2.75, 3.05) is 5.32 Å². The topological polar surface area (TPSA) is 68.3 Å². The van der Waals surface area contributed by atoms with Gasteiger partial charge in [0.15, 0.2) is 0 Å². The number of aromatic nitrogens is 1. The van der Waals surface area contributed by atoms with Gasteiger partial charge in [0.05, 0.1) is 0 Å². The molecule has 0 spiro atoms. The first-order valence-corrected chi connectivity index (χ1v) is 6.08. The number of carbonyl (C=O) groups excluding carboxylic acids is 2. The van der Waals surface area contributed by atoms with E-state index < -0.39 is 5.97 Å². The normalized spacial score (nSPS) is 9.90. The van der Waals surface area contributed by atoms with Crippen LogP contribution in [0, 0.1) is 6.92 Å². The second kappa shape index (κ2) is 5.97. The van der Waals surface area contributed by atoms with Gasteiger partial charge in [-0.15, -0.1) is 0 Å². The number of benzene rings is 1. The molecule has 0 bridgehead atoms. The predicted molar refractivity (Wildman–Crippen MR) is 74.7 cm³/mol. The Bertz CT molecular complexity index is 636. The summed E-state index contributed by atoms with van der Waals surface area (Å²) in [5.41, 5.74) is 1.29. The van der Waals surface area contributed by atoms with Crippen LogP contribution in [0.3, 0.4) is 0 Å². The molecule has 0 saturated carbocycles. The van der Waals surface area contributed by atoms with E-state index in [0.717, 1.165) is 5.69 Å². The van der Waals surface area contributed by atoms with Crippen molar-refractivity contribution in [2.45, 2.75) is 13.8 Å². The van der Waals surface area contributed by atoms with E-state index in [1.165, 1.54) is 6.92 Å². The summed E-state index contributed by atoms with van der Waals surface area (Å²) in [6.45, 7) is 3.17. The van der Waals surface area contributed by atoms with Crippen molar-refractivity contribution in [2.24, 2.45) is 0 Å². The summed E-state index contributed by atoms with van der Waals surface area (Å²) < 4.78 is 4.90. The molecule has 1 heterocycles. The van der Waals surface area contributed by atoms with Crippen LogP contribution in [0.15, 0.2) is 42.5 Å². The number of esters is 1. The van der Waals surface area contributed by atoms with Crippen molar-refractivity contribution in [3.8, 4) is 5.75 Å². The van der Waals surface area contributed by atoms with Crippen molar-refractivity contribution in [1.82, 2.24) is 4.98 Å². The van der Waals surface area contributed by atoms with Gasteiger partial charge in [-0.2, -0.15) is 0 Å². The molecule has 0 aliphatic heterocycles. The first kappa shape index (κ1) is 13.7. The highest BCUT2D eigenvalue weighted by molar-refractivity contribution is 6.03. The zero-order valence-corrected chi connectivity index (χ0v) is 11.2. The fraction of sp³-hybridized carbons (Fsp3) is 0.133. The Kier molecular flexibility index (Phi) is 4.10. The Hall–Kier alpha value is -2.69. The standard InChI is InChI=1S/C15H14N2O3/c1-10-4-3-5-14(16-10)17-15(19)12-6-8-13(9-7-12)20-11(2)18/h3-9H,1-2H3,(H,16,17,19). The second-order valence-electron chi connectivity index (χ2n) is 4.24. The molecule has 0 saturated heterocycles. The van der Waals surface area contributed by atoms with Crippen LogP contribution in [0.25, 0.3) is 0 Å². The fourth-order valence-electron chi connectivity index (χ4n) is 1.64. The lowest BCUT2D eigenvalue weighted by Crippen LogP contribution is -2.13. The summed E-state index contributed by atoms with van der Waals surface area (Å²) in [4.78, 5) is 27.0. The van der Waals surface area contributed by atoms with Gasteiger partial charge in [-0.3, -0.25) is 9.59 Å². The number of ether oxygens (including phenoxy) is 1. The highest BCUT2D eigenvalue weighted by Crippen LogP contribution is 2.14. The third kappa shape index (κ3) is 3.65. The molecule has 2 rings (SSSR count). The molecule has 1 aromatic heterocycles. The van der Waals surface area contributed by atoms with Gasteiger partial charge in [-0.25, -0.2) is 4.98 Å². The van der Waals surface area contributed by atoms with E-state index in [0.29, 0.717) is 17.1 Å². The van der Waals surface area contributed by atoms with E-state index in [1.807, 2.05) is 19.1 Å². The highest BCUT2D eigenvalue weighted by atomic mass is 16.5. The Labute approximate surface area is 116 Å². The lowest BCUT2D eigenvalue weighted by molar-refractivity contribution is -0.131. The third-order valence-corrected chi connectivity index (χ3v) is 2.51. The molecule has 1 amide bonds. The molecule has 0 radical (unpaired) electrons. The third-order valence-electron chi connectivity index (χ3n) is 2.51. The minimum absolute atomic E-state index is 0.266. The number of amides is 1. The van der Waals surface area contributed by atoms with Crippen LogP contribution in [-0.2, 0) is 4.79 Å². The van der Waals surface area contributed by atoms with Gasteiger partial charge in [-0.1, -0.05) is 6.07 Å². The van der Waals surface area contributed by atoms with Gasteiger partial charge in [0.2, 0.25) is 0 Å². The maximum atomic E-state index is 12.0. The first-order chi connectivity index (χ1) is 9.54. The molecule has 1 N–H and O–H groups in total. The van der Waals surface area contributed by atoms with Crippen LogP contribution >= 0.6 is 0 Å². The molecule has 5 nitrogen and oxygen atoms in total. The number of aryl methyl sites for hydroxylation is 1. The Balaban J connectivity index is 2.07. The number of nitrogens with zero attached hydrogens (tertiary/aromatic N) is 1. The average molecular weight is 270 g/mol. The number of rotatable bonds is 3. The van der Waals surface area contributed by atoms with E-state index in [4.69, 9.17) is 4.74 Å². The van der Waals surface area contributed by atoms with Gasteiger partial charge in [0.25, 0.3) is 5.91 Å². The summed E-state index contributed by atoms with van der Waals surface area (Å²) in [5.74, 6) is 0.241. The Morgan fingerprint density at radius 3 is 2.40 bits per heavy atom. The highest BCUT2D eigenvalue weighted by Gasteiger charge is 2.07. The molecule has 0 atom stereocenters. The van der Waals surface area contributed by atoms with Crippen LogP contribution in [-0.4, -0.2) is 16.9 Å². The van der Waals surface area contributed by atoms with Crippen LogP contribution in [0.5, 0.6) is 5.75 Å². The molecule has 5 heteroatoms. The monoisotopic (exact) mass is 270 g/mol. The molecule has 2 aromatic rings. The van der Waals surface area contributed by atoms with Gasteiger partial charge >= 0.3 is 5.97 Å².